The van der Waals surface area contributed by atoms with Crippen molar-refractivity contribution in [2.45, 2.75) is 61.3 Å². The maximum Gasteiger partial charge on any atom is 0.0967 e. The second-order valence-corrected chi connectivity index (χ2v) is 5.87. The molecule has 0 atom stereocenters. The Labute approximate surface area is 155 Å². The summed E-state index contributed by atoms with van der Waals surface area (Å²) in [5.41, 5.74) is 0. The Morgan fingerprint density at radius 3 is 1.09 bits per heavy atom. The topological polar surface area (TPSA) is 49.7 Å². The molecular weight excluding hydrogens is 332 g/mol. The fourth-order valence-electron chi connectivity index (χ4n) is 2.22. The summed E-state index contributed by atoms with van der Waals surface area (Å²) < 4.78 is 4.94. The van der Waals surface area contributed by atoms with Crippen LogP contribution in [0.2, 0.25) is 0 Å². The predicted molar refractivity (Wildman–Crippen MR) is 90.6 cm³/mol. The summed E-state index contributed by atoms with van der Waals surface area (Å²) >= 11 is 0. The molecule has 0 aromatic carbocycles. The van der Waals surface area contributed by atoms with Gasteiger partial charge in [-0.3, -0.25) is 0 Å². The van der Waals surface area contributed by atoms with Crippen molar-refractivity contribution in [3.8, 4) is 0 Å². The summed E-state index contributed by atoms with van der Waals surface area (Å²) in [5, 5.41) is 16.8. The largest absolute Gasteiger partial charge is 0.387 e. The molecule has 134 valence electrons. The summed E-state index contributed by atoms with van der Waals surface area (Å²) in [6, 6.07) is 0. The van der Waals surface area contributed by atoms with E-state index in [1.807, 2.05) is 0 Å². The summed E-state index contributed by atoms with van der Waals surface area (Å²) in [6.07, 6.45) is 4.08. The minimum atomic E-state index is 0. The van der Waals surface area contributed by atoms with Crippen molar-refractivity contribution in [1.29, 1.82) is 0 Å². The number of ether oxygens (including phenoxy) is 1. The Hall–Kier alpha value is 0.399. The van der Waals surface area contributed by atoms with Crippen LogP contribution in [0.5, 0.6) is 0 Å². The van der Waals surface area contributed by atoms with Gasteiger partial charge in [-0.2, -0.15) is 0 Å². The third-order valence-electron chi connectivity index (χ3n) is 4.06. The van der Waals surface area contributed by atoms with Gasteiger partial charge in [0.25, 0.3) is 0 Å². The van der Waals surface area contributed by atoms with Crippen LogP contribution >= 0.6 is 0 Å². The zero-order chi connectivity index (χ0) is 17.3. The van der Waals surface area contributed by atoms with Crippen LogP contribution in [0.15, 0.2) is 0 Å². The van der Waals surface area contributed by atoms with Gasteiger partial charge in [0.1, 0.15) is 0 Å². The van der Waals surface area contributed by atoms with E-state index in [1.54, 1.807) is 0 Å². The zero-order valence-corrected chi connectivity index (χ0v) is 16.7. The number of hydrogen-bond acceptors (Lipinski definition) is 3. The molecule has 2 fully saturated rings. The molecule has 0 aromatic rings. The van der Waals surface area contributed by atoms with Crippen LogP contribution in [0.4, 0.5) is 0 Å². The summed E-state index contributed by atoms with van der Waals surface area (Å²) in [7, 11) is 0. The van der Waals surface area contributed by atoms with E-state index < -0.39 is 0 Å². The maximum absolute atomic E-state index is 8.40. The predicted octanol–water partition coefficient (Wildman–Crippen LogP) is 4.81. The molecule has 23 heavy (non-hydrogen) atoms. The number of hydrogen-bond donors (Lipinski definition) is 2. The van der Waals surface area contributed by atoms with E-state index in [4.69, 9.17) is 14.9 Å². The number of aliphatic hydroxyl groups excluding tert-OH is 2. The monoisotopic (exact) mass is 364 g/mol. The third-order valence-corrected chi connectivity index (χ3v) is 4.06. The van der Waals surface area contributed by atoms with Gasteiger partial charge in [-0.1, -0.05) is 34.6 Å². The smallest absolute Gasteiger partial charge is 0.0967 e. The van der Waals surface area contributed by atoms with E-state index in [2.05, 4.69) is 34.6 Å². The molecule has 1 aliphatic carbocycles. The first-order valence-electron chi connectivity index (χ1n) is 7.85. The fourth-order valence-corrected chi connectivity index (χ4v) is 2.22. The third kappa shape index (κ3) is 10.8. The molecule has 0 amide bonds. The minimum Gasteiger partial charge on any atom is -0.387 e. The normalized spacial score (nSPS) is 21.0. The van der Waals surface area contributed by atoms with Crippen LogP contribution in [-0.2, 0) is 21.8 Å². The average Bonchev–Trinajstić information content (AvgIpc) is 3.05. The Kier molecular flexibility index (Phi) is 15.2. The first-order valence-corrected chi connectivity index (χ1v) is 7.85. The van der Waals surface area contributed by atoms with Gasteiger partial charge in [0.15, 0.2) is 0 Å². The van der Waals surface area contributed by atoms with Crippen molar-refractivity contribution in [2.24, 2.45) is 0 Å². The van der Waals surface area contributed by atoms with E-state index in [1.165, 1.54) is 62.7 Å². The molecule has 0 spiro atoms. The molecule has 8 radical (unpaired) electrons. The summed E-state index contributed by atoms with van der Waals surface area (Å²) in [6.45, 7) is 16.0. The quantitative estimate of drug-likeness (QED) is 0.692. The molecule has 2 aliphatic rings. The molecule has 1 saturated carbocycles. The molecule has 0 unspecified atom stereocenters. The van der Waals surface area contributed by atoms with E-state index in [0.29, 0.717) is 0 Å². The van der Waals surface area contributed by atoms with Gasteiger partial charge in [0.05, 0.1) is 12.2 Å². The van der Waals surface area contributed by atoms with Gasteiger partial charge >= 0.3 is 0 Å². The van der Waals surface area contributed by atoms with Crippen molar-refractivity contribution in [2.75, 3.05) is 13.2 Å². The molecule has 0 aromatic heterocycles. The molecule has 4 heteroatoms. The van der Waals surface area contributed by atoms with Gasteiger partial charge < -0.3 is 14.9 Å². The zero-order valence-electron chi connectivity index (χ0n) is 15.6. The van der Waals surface area contributed by atoms with Gasteiger partial charge in [-0.15, -0.1) is 0 Å². The molecule has 2 N–H and O–H groups in total. The van der Waals surface area contributed by atoms with Crippen molar-refractivity contribution >= 4 is 0 Å². The molecular formula is C19H32FeO3. The Morgan fingerprint density at radius 2 is 1.00 bits per heavy atom. The van der Waals surface area contributed by atoms with Crippen molar-refractivity contribution in [3.05, 3.63) is 48.2 Å². The standard InChI is InChI=1S/C10H15.C5H9O2.C4H8O.Fe/c1-6-7(2)9(4)10(5)8(6)3;1-4(6)3-5(2)7;1-2-4-5-3-1;/h1-5H3;3,6-7H,1-2H3;1-4H2;. The maximum atomic E-state index is 8.40. The molecule has 1 aliphatic heterocycles. The van der Waals surface area contributed by atoms with Crippen LogP contribution in [0.3, 0.4) is 0 Å². The summed E-state index contributed by atoms with van der Waals surface area (Å²) in [5.74, 6) is 7.34. The first-order chi connectivity index (χ1) is 10.2. The molecule has 2 rings (SSSR count). The molecule has 1 saturated heterocycles. The van der Waals surface area contributed by atoms with Gasteiger partial charge in [-0.25, -0.2) is 0 Å². The number of rotatable bonds is 2. The van der Waals surface area contributed by atoms with E-state index in [9.17, 15) is 0 Å². The van der Waals surface area contributed by atoms with Crippen LogP contribution in [-0.4, -0.2) is 23.4 Å². The van der Waals surface area contributed by atoms with Crippen molar-refractivity contribution in [3.63, 3.8) is 0 Å². The minimum absolute atomic E-state index is 0. The second kappa shape index (κ2) is 13.7. The molecule has 3 nitrogen and oxygen atoms in total. The van der Waals surface area contributed by atoms with Gasteiger partial charge in [0, 0.05) is 36.7 Å². The van der Waals surface area contributed by atoms with Crippen LogP contribution < -0.4 is 0 Å². The Morgan fingerprint density at radius 1 is 0.739 bits per heavy atom. The van der Waals surface area contributed by atoms with E-state index in [-0.39, 0.29) is 29.3 Å². The second-order valence-electron chi connectivity index (χ2n) is 5.87. The molecule has 0 bridgehead atoms. The fraction of sp³-hybridized carbons (Fsp3) is 0.579. The SMILES string of the molecule is C1CCOC1.C[C](O)[CH][C](C)O.C[C]1[C](C)[C](C)[C](C)[C]1C.[Fe]. The Bertz CT molecular complexity index is 209. The van der Waals surface area contributed by atoms with E-state index >= 15 is 0 Å². The van der Waals surface area contributed by atoms with Crippen LogP contribution in [0.25, 0.3) is 0 Å². The van der Waals surface area contributed by atoms with Gasteiger partial charge in [-0.05, 0) is 56.3 Å². The van der Waals surface area contributed by atoms with E-state index in [0.717, 1.165) is 13.2 Å². The summed E-state index contributed by atoms with van der Waals surface area (Å²) in [4.78, 5) is 0. The van der Waals surface area contributed by atoms with Crippen LogP contribution in [0, 0.1) is 48.2 Å². The average molecular weight is 364 g/mol. The number of aliphatic hydroxyl groups is 2. The van der Waals surface area contributed by atoms with Gasteiger partial charge in [0.2, 0.25) is 0 Å². The van der Waals surface area contributed by atoms with Crippen molar-refractivity contribution in [1.82, 2.24) is 0 Å². The Balaban J connectivity index is 0. The first kappa shape index (κ1) is 25.6. The van der Waals surface area contributed by atoms with Crippen molar-refractivity contribution < 1.29 is 32.0 Å². The van der Waals surface area contributed by atoms with Crippen LogP contribution in [0.1, 0.15) is 61.3 Å². The molecule has 1 heterocycles.